The van der Waals surface area contributed by atoms with Crippen LogP contribution in [0.25, 0.3) is 0 Å². The highest BCUT2D eigenvalue weighted by Crippen LogP contribution is 2.23. The zero-order valence-corrected chi connectivity index (χ0v) is 21.5. The summed E-state index contributed by atoms with van der Waals surface area (Å²) in [6.07, 6.45) is 1.79. The second-order valence-electron chi connectivity index (χ2n) is 8.20. The Morgan fingerprint density at radius 3 is 2.37 bits per heavy atom. The van der Waals surface area contributed by atoms with Crippen LogP contribution in [0.15, 0.2) is 39.9 Å². The SMILES string of the molecule is CCNC(=NCc1ncc(C(C)(C)C)o1)NCC(c1ccc(OC)cc1)N(C)C.I. The van der Waals surface area contributed by atoms with Gasteiger partial charge in [0.15, 0.2) is 5.96 Å². The lowest BCUT2D eigenvalue weighted by molar-refractivity contribution is 0.298. The summed E-state index contributed by atoms with van der Waals surface area (Å²) in [6, 6.07) is 8.35. The zero-order valence-electron chi connectivity index (χ0n) is 19.2. The summed E-state index contributed by atoms with van der Waals surface area (Å²) >= 11 is 0. The van der Waals surface area contributed by atoms with Crippen molar-refractivity contribution in [2.45, 2.75) is 45.7 Å². The Morgan fingerprint density at radius 1 is 1.20 bits per heavy atom. The number of likely N-dealkylation sites (N-methyl/N-ethyl adjacent to an activating group) is 1. The molecule has 2 rings (SSSR count). The zero-order chi connectivity index (χ0) is 21.4. The molecule has 168 valence electrons. The van der Waals surface area contributed by atoms with Crippen molar-refractivity contribution in [1.82, 2.24) is 20.5 Å². The van der Waals surface area contributed by atoms with Gasteiger partial charge >= 0.3 is 0 Å². The highest BCUT2D eigenvalue weighted by Gasteiger charge is 2.19. The number of rotatable bonds is 8. The molecule has 0 amide bonds. The highest BCUT2D eigenvalue weighted by molar-refractivity contribution is 14.0. The summed E-state index contributed by atoms with van der Waals surface area (Å²) in [6.45, 7) is 10.2. The van der Waals surface area contributed by atoms with Gasteiger partial charge in [-0.1, -0.05) is 32.9 Å². The molecular weight excluding hydrogens is 493 g/mol. The second kappa shape index (κ2) is 12.1. The van der Waals surface area contributed by atoms with Crippen LogP contribution in [-0.4, -0.2) is 50.1 Å². The number of aliphatic imine (C=N–C) groups is 1. The molecule has 1 atom stereocenters. The average Bonchev–Trinajstić information content (AvgIpc) is 3.16. The third-order valence-electron chi connectivity index (χ3n) is 4.60. The van der Waals surface area contributed by atoms with Gasteiger partial charge in [-0.3, -0.25) is 0 Å². The molecule has 0 saturated heterocycles. The van der Waals surface area contributed by atoms with Gasteiger partial charge in [0, 0.05) is 18.5 Å². The maximum atomic E-state index is 5.84. The summed E-state index contributed by atoms with van der Waals surface area (Å²) in [5.41, 5.74) is 1.15. The maximum absolute atomic E-state index is 5.84. The summed E-state index contributed by atoms with van der Waals surface area (Å²) in [5.74, 6) is 3.08. The van der Waals surface area contributed by atoms with Crippen LogP contribution in [0.3, 0.4) is 0 Å². The minimum absolute atomic E-state index is 0. The molecule has 1 aromatic carbocycles. The first-order chi connectivity index (χ1) is 13.7. The molecule has 2 aromatic rings. The molecule has 7 nitrogen and oxygen atoms in total. The number of hydrogen-bond acceptors (Lipinski definition) is 5. The van der Waals surface area contributed by atoms with Gasteiger partial charge in [0.2, 0.25) is 5.89 Å². The fourth-order valence-electron chi connectivity index (χ4n) is 2.84. The number of nitrogens with zero attached hydrogens (tertiary/aromatic N) is 3. The molecule has 1 unspecified atom stereocenters. The van der Waals surface area contributed by atoms with E-state index in [9.17, 15) is 0 Å². The van der Waals surface area contributed by atoms with Crippen LogP contribution in [0.5, 0.6) is 5.75 Å². The molecule has 0 fully saturated rings. The van der Waals surface area contributed by atoms with Crippen LogP contribution < -0.4 is 15.4 Å². The van der Waals surface area contributed by atoms with Crippen molar-refractivity contribution in [2.75, 3.05) is 34.3 Å². The minimum Gasteiger partial charge on any atom is -0.497 e. The normalized spacial score (nSPS) is 13.0. The number of benzene rings is 1. The molecule has 0 bridgehead atoms. The second-order valence-corrected chi connectivity index (χ2v) is 8.20. The lowest BCUT2D eigenvalue weighted by atomic mass is 9.94. The average molecular weight is 529 g/mol. The smallest absolute Gasteiger partial charge is 0.216 e. The van der Waals surface area contributed by atoms with E-state index in [1.807, 2.05) is 19.1 Å². The molecule has 1 aromatic heterocycles. The van der Waals surface area contributed by atoms with E-state index < -0.39 is 0 Å². The monoisotopic (exact) mass is 529 g/mol. The van der Waals surface area contributed by atoms with Gasteiger partial charge in [0.1, 0.15) is 18.1 Å². The van der Waals surface area contributed by atoms with Crippen molar-refractivity contribution in [2.24, 2.45) is 4.99 Å². The number of methoxy groups -OCH3 is 1. The molecule has 30 heavy (non-hydrogen) atoms. The van der Waals surface area contributed by atoms with Crippen molar-refractivity contribution in [1.29, 1.82) is 0 Å². The lowest BCUT2D eigenvalue weighted by Gasteiger charge is -2.26. The van der Waals surface area contributed by atoms with Gasteiger partial charge in [0.25, 0.3) is 0 Å². The summed E-state index contributed by atoms with van der Waals surface area (Å²) in [7, 11) is 5.82. The van der Waals surface area contributed by atoms with Gasteiger partial charge < -0.3 is 24.7 Å². The van der Waals surface area contributed by atoms with Crippen LogP contribution in [0.1, 0.15) is 51.0 Å². The Balaban J connectivity index is 0.00000450. The molecule has 0 radical (unpaired) electrons. The van der Waals surface area contributed by atoms with E-state index in [1.54, 1.807) is 13.3 Å². The number of aromatic nitrogens is 1. The Labute approximate surface area is 197 Å². The summed E-state index contributed by atoms with van der Waals surface area (Å²) in [5, 5.41) is 6.72. The van der Waals surface area contributed by atoms with Crippen molar-refractivity contribution >= 4 is 29.9 Å². The number of halogens is 1. The van der Waals surface area contributed by atoms with Crippen LogP contribution >= 0.6 is 24.0 Å². The predicted molar refractivity (Wildman–Crippen MR) is 133 cm³/mol. The van der Waals surface area contributed by atoms with Crippen LogP contribution in [0, 0.1) is 0 Å². The summed E-state index contributed by atoms with van der Waals surface area (Å²) in [4.78, 5) is 11.2. The van der Waals surface area contributed by atoms with E-state index in [4.69, 9.17) is 9.15 Å². The third kappa shape index (κ3) is 7.79. The Kier molecular flexibility index (Phi) is 10.6. The molecule has 0 aliphatic heterocycles. The molecular formula is C22H36IN5O2. The number of oxazole rings is 1. The largest absolute Gasteiger partial charge is 0.497 e. The Bertz CT molecular complexity index is 782. The van der Waals surface area contributed by atoms with Gasteiger partial charge in [-0.15, -0.1) is 24.0 Å². The third-order valence-corrected chi connectivity index (χ3v) is 4.60. The van der Waals surface area contributed by atoms with Gasteiger partial charge in [-0.25, -0.2) is 9.98 Å². The van der Waals surface area contributed by atoms with E-state index >= 15 is 0 Å². The first-order valence-electron chi connectivity index (χ1n) is 10.0. The standard InChI is InChI=1S/C22H35N5O2.HI/c1-8-23-21(26-15-20-24-14-19(29-20)22(2,3)4)25-13-18(27(5)6)16-9-11-17(28-7)12-10-16;/h9-12,14,18H,8,13,15H2,1-7H3,(H2,23,25,26);1H. The lowest BCUT2D eigenvalue weighted by Crippen LogP contribution is -2.41. The Morgan fingerprint density at radius 2 is 1.87 bits per heavy atom. The number of hydrogen-bond donors (Lipinski definition) is 2. The molecule has 0 aliphatic carbocycles. The van der Waals surface area contributed by atoms with Crippen LogP contribution in [-0.2, 0) is 12.0 Å². The van der Waals surface area contributed by atoms with Crippen molar-refractivity contribution in [3.63, 3.8) is 0 Å². The fourth-order valence-corrected chi connectivity index (χ4v) is 2.84. The van der Waals surface area contributed by atoms with Crippen molar-refractivity contribution < 1.29 is 9.15 Å². The Hall–Kier alpha value is -1.81. The van der Waals surface area contributed by atoms with E-state index in [2.05, 4.69) is 72.5 Å². The summed E-state index contributed by atoms with van der Waals surface area (Å²) < 4.78 is 11.1. The molecule has 0 aliphatic rings. The molecule has 1 heterocycles. The van der Waals surface area contributed by atoms with E-state index in [0.29, 0.717) is 19.0 Å². The molecule has 8 heteroatoms. The molecule has 0 spiro atoms. The topological polar surface area (TPSA) is 74.9 Å². The van der Waals surface area contributed by atoms with E-state index in [1.165, 1.54) is 5.56 Å². The highest BCUT2D eigenvalue weighted by atomic mass is 127. The van der Waals surface area contributed by atoms with E-state index in [0.717, 1.165) is 24.0 Å². The fraction of sp³-hybridized carbons (Fsp3) is 0.545. The minimum atomic E-state index is -0.0605. The van der Waals surface area contributed by atoms with Gasteiger partial charge in [-0.2, -0.15) is 0 Å². The molecule has 2 N–H and O–H groups in total. The van der Waals surface area contributed by atoms with Gasteiger partial charge in [-0.05, 0) is 38.7 Å². The number of guanidine groups is 1. The van der Waals surface area contributed by atoms with Crippen LogP contribution in [0.4, 0.5) is 0 Å². The maximum Gasteiger partial charge on any atom is 0.216 e. The van der Waals surface area contributed by atoms with Crippen molar-refractivity contribution in [3.05, 3.63) is 47.7 Å². The van der Waals surface area contributed by atoms with Crippen molar-refractivity contribution in [3.8, 4) is 5.75 Å². The molecule has 0 saturated carbocycles. The van der Waals surface area contributed by atoms with Gasteiger partial charge in [0.05, 0.1) is 19.3 Å². The first-order valence-corrected chi connectivity index (χ1v) is 10.0. The number of ether oxygens (including phenoxy) is 1. The number of nitrogens with one attached hydrogen (secondary N) is 2. The first kappa shape index (κ1) is 26.2. The van der Waals surface area contributed by atoms with E-state index in [-0.39, 0.29) is 35.4 Å². The quantitative estimate of drug-likeness (QED) is 0.307. The predicted octanol–water partition coefficient (Wildman–Crippen LogP) is 3.96. The van der Waals surface area contributed by atoms with Crippen LogP contribution in [0.2, 0.25) is 0 Å².